The maximum atomic E-state index is 8.46. The van der Waals surface area contributed by atoms with E-state index in [4.69, 9.17) is 5.11 Å². The van der Waals surface area contributed by atoms with Gasteiger partial charge in [0.2, 0.25) is 0 Å². The lowest BCUT2D eigenvalue weighted by Gasteiger charge is -1.75. The van der Waals surface area contributed by atoms with Gasteiger partial charge in [-0.05, 0) is 22.6 Å². The molecule has 1 aromatic rings. The van der Waals surface area contributed by atoms with Crippen LogP contribution in [0, 0.1) is 3.01 Å². The summed E-state index contributed by atoms with van der Waals surface area (Å²) in [5.41, 5.74) is 0. The minimum absolute atomic E-state index is 0.000663. The van der Waals surface area contributed by atoms with Gasteiger partial charge in [0.05, 0.1) is 6.61 Å². The Hall–Kier alpha value is 0.250. The number of aliphatic hydroxyl groups is 1. The van der Waals surface area contributed by atoms with E-state index in [0.29, 0.717) is 5.01 Å². The first-order valence-electron chi connectivity index (χ1n) is 1.91. The number of hydrogen-bond donors (Lipinski definition) is 1. The van der Waals surface area contributed by atoms with Crippen LogP contribution in [0.2, 0.25) is 0 Å². The molecule has 5 heteroatoms. The van der Waals surface area contributed by atoms with Gasteiger partial charge in [0.1, 0.15) is 5.01 Å². The Balaban J connectivity index is 2.84. The molecule has 0 aromatic carbocycles. The zero-order valence-electron chi connectivity index (χ0n) is 3.83. The van der Waals surface area contributed by atoms with Crippen molar-refractivity contribution >= 4 is 33.9 Å². The summed E-state index contributed by atoms with van der Waals surface area (Å²) in [7, 11) is 0. The van der Waals surface area contributed by atoms with E-state index in [1.54, 1.807) is 0 Å². The molecule has 0 saturated heterocycles. The topological polar surface area (TPSA) is 46.0 Å². The summed E-state index contributed by atoms with van der Waals surface area (Å²) in [6, 6.07) is 0. The van der Waals surface area contributed by atoms with Crippen molar-refractivity contribution in [2.24, 2.45) is 0 Å². The Labute approximate surface area is 63.9 Å². The minimum Gasteiger partial charge on any atom is -0.389 e. The van der Waals surface area contributed by atoms with Crippen molar-refractivity contribution in [1.29, 1.82) is 0 Å². The van der Waals surface area contributed by atoms with Crippen molar-refractivity contribution in [2.75, 3.05) is 0 Å². The monoisotopic (exact) mass is 242 g/mol. The van der Waals surface area contributed by atoms with E-state index in [1.165, 1.54) is 11.3 Å². The molecule has 44 valence electrons. The van der Waals surface area contributed by atoms with E-state index in [9.17, 15) is 0 Å². The summed E-state index contributed by atoms with van der Waals surface area (Å²) in [4.78, 5) is 0. The number of aromatic nitrogens is 2. The summed E-state index contributed by atoms with van der Waals surface area (Å²) >= 11 is 3.46. The van der Waals surface area contributed by atoms with Crippen LogP contribution in [0.1, 0.15) is 5.01 Å². The fourth-order valence-corrected chi connectivity index (χ4v) is 1.59. The van der Waals surface area contributed by atoms with E-state index in [0.717, 1.165) is 3.01 Å². The highest BCUT2D eigenvalue weighted by atomic mass is 127. The number of rotatable bonds is 1. The van der Waals surface area contributed by atoms with Gasteiger partial charge in [-0.1, -0.05) is 11.3 Å². The summed E-state index contributed by atoms with van der Waals surface area (Å²) in [5, 5.41) is 16.5. The van der Waals surface area contributed by atoms with Gasteiger partial charge >= 0.3 is 0 Å². The van der Waals surface area contributed by atoms with Gasteiger partial charge in [0.15, 0.2) is 3.01 Å². The molecule has 0 aliphatic heterocycles. The van der Waals surface area contributed by atoms with Crippen molar-refractivity contribution < 1.29 is 5.11 Å². The Morgan fingerprint density at radius 2 is 2.38 bits per heavy atom. The van der Waals surface area contributed by atoms with Crippen molar-refractivity contribution in [3.63, 3.8) is 0 Å². The Morgan fingerprint density at radius 3 is 2.62 bits per heavy atom. The standard InChI is InChI=1S/C3H3IN2OS/c4-3-6-5-2(1-7)8-3/h7H,1H2. The van der Waals surface area contributed by atoms with Crippen LogP contribution in [-0.4, -0.2) is 15.3 Å². The summed E-state index contributed by atoms with van der Waals surface area (Å²) in [5.74, 6) is 0. The third-order valence-electron chi connectivity index (χ3n) is 0.577. The maximum absolute atomic E-state index is 8.46. The van der Waals surface area contributed by atoms with Crippen LogP contribution in [0.25, 0.3) is 0 Å². The van der Waals surface area contributed by atoms with E-state index in [-0.39, 0.29) is 6.61 Å². The van der Waals surface area contributed by atoms with E-state index < -0.39 is 0 Å². The lowest BCUT2D eigenvalue weighted by molar-refractivity contribution is 0.280. The molecule has 0 bridgehead atoms. The summed E-state index contributed by atoms with van der Waals surface area (Å²) in [6.45, 7) is 0.000663. The van der Waals surface area contributed by atoms with Crippen LogP contribution in [-0.2, 0) is 6.61 Å². The SMILES string of the molecule is OCc1nnc(I)s1. The van der Waals surface area contributed by atoms with Crippen LogP contribution in [0.15, 0.2) is 0 Å². The molecule has 0 amide bonds. The quantitative estimate of drug-likeness (QED) is 0.735. The molecule has 1 N–H and O–H groups in total. The minimum atomic E-state index is 0.000663. The van der Waals surface area contributed by atoms with Crippen molar-refractivity contribution in [1.82, 2.24) is 10.2 Å². The van der Waals surface area contributed by atoms with Gasteiger partial charge in [-0.3, -0.25) is 0 Å². The Morgan fingerprint density at radius 1 is 1.62 bits per heavy atom. The molecule has 0 fully saturated rings. The first-order valence-corrected chi connectivity index (χ1v) is 3.81. The fraction of sp³-hybridized carbons (Fsp3) is 0.333. The third-order valence-corrected chi connectivity index (χ3v) is 2.15. The molecule has 1 rings (SSSR count). The second-order valence-electron chi connectivity index (χ2n) is 1.11. The normalized spacial score (nSPS) is 9.75. The number of hydrogen-bond acceptors (Lipinski definition) is 4. The van der Waals surface area contributed by atoms with Gasteiger partial charge in [-0.15, -0.1) is 10.2 Å². The summed E-state index contributed by atoms with van der Waals surface area (Å²) < 4.78 is 0.867. The molecule has 8 heavy (non-hydrogen) atoms. The van der Waals surface area contributed by atoms with Crippen LogP contribution in [0.3, 0.4) is 0 Å². The molecule has 0 atom stereocenters. The Kier molecular flexibility index (Phi) is 2.15. The number of aliphatic hydroxyl groups excluding tert-OH is 1. The molecule has 1 heterocycles. The fourth-order valence-electron chi connectivity index (χ4n) is 0.297. The van der Waals surface area contributed by atoms with E-state index in [2.05, 4.69) is 32.8 Å². The van der Waals surface area contributed by atoms with Crippen LogP contribution >= 0.6 is 33.9 Å². The van der Waals surface area contributed by atoms with Gasteiger partial charge in [-0.25, -0.2) is 0 Å². The first-order chi connectivity index (χ1) is 3.83. The van der Waals surface area contributed by atoms with Crippen molar-refractivity contribution in [3.05, 3.63) is 8.02 Å². The summed E-state index contributed by atoms with van der Waals surface area (Å²) in [6.07, 6.45) is 0. The predicted molar refractivity (Wildman–Crippen MR) is 38.5 cm³/mol. The molecule has 0 saturated carbocycles. The Bertz CT molecular complexity index is 178. The van der Waals surface area contributed by atoms with Gasteiger partial charge in [0, 0.05) is 0 Å². The molecule has 0 spiro atoms. The van der Waals surface area contributed by atoms with Crippen molar-refractivity contribution in [2.45, 2.75) is 6.61 Å². The zero-order valence-corrected chi connectivity index (χ0v) is 6.81. The highest BCUT2D eigenvalue weighted by Crippen LogP contribution is 2.10. The molecule has 3 nitrogen and oxygen atoms in total. The van der Waals surface area contributed by atoms with Gasteiger partial charge in [-0.2, -0.15) is 0 Å². The average Bonchev–Trinajstić information content (AvgIpc) is 2.14. The van der Waals surface area contributed by atoms with E-state index >= 15 is 0 Å². The highest BCUT2D eigenvalue weighted by Gasteiger charge is 1.96. The molecule has 1 aromatic heterocycles. The second-order valence-corrected chi connectivity index (χ2v) is 3.92. The first kappa shape index (κ1) is 6.37. The molecule has 0 aliphatic rings. The van der Waals surface area contributed by atoms with Crippen molar-refractivity contribution in [3.8, 4) is 0 Å². The smallest absolute Gasteiger partial charge is 0.178 e. The lowest BCUT2D eigenvalue weighted by atomic mass is 10.8. The average molecular weight is 242 g/mol. The lowest BCUT2D eigenvalue weighted by Crippen LogP contribution is -1.78. The largest absolute Gasteiger partial charge is 0.389 e. The second kappa shape index (κ2) is 2.70. The number of halogens is 1. The van der Waals surface area contributed by atoms with Crippen LogP contribution in [0.5, 0.6) is 0 Å². The molecule has 0 radical (unpaired) electrons. The molecule has 0 aliphatic carbocycles. The molecule has 0 unspecified atom stereocenters. The molecular formula is C3H3IN2OS. The predicted octanol–water partition coefficient (Wildman–Crippen LogP) is 0.635. The third kappa shape index (κ3) is 1.36. The highest BCUT2D eigenvalue weighted by molar-refractivity contribution is 14.1. The van der Waals surface area contributed by atoms with Gasteiger partial charge in [0.25, 0.3) is 0 Å². The van der Waals surface area contributed by atoms with Crippen LogP contribution in [0.4, 0.5) is 0 Å². The number of nitrogens with zero attached hydrogens (tertiary/aromatic N) is 2. The van der Waals surface area contributed by atoms with Gasteiger partial charge < -0.3 is 5.11 Å². The zero-order chi connectivity index (χ0) is 5.98. The van der Waals surface area contributed by atoms with E-state index in [1.807, 2.05) is 0 Å². The maximum Gasteiger partial charge on any atom is 0.178 e. The van der Waals surface area contributed by atoms with Crippen LogP contribution < -0.4 is 0 Å². The molecular weight excluding hydrogens is 239 g/mol.